The lowest BCUT2D eigenvalue weighted by atomic mass is 9.70. The molecule has 2 aliphatic rings. The Bertz CT molecular complexity index is 932. The van der Waals surface area contributed by atoms with Crippen molar-refractivity contribution in [3.05, 3.63) is 48.0 Å². The smallest absolute Gasteiger partial charge is 0.212 e. The fraction of sp³-hybridized carbons (Fsp3) is 0.524. The van der Waals surface area contributed by atoms with Crippen LogP contribution in [0.5, 0.6) is 0 Å². The molecule has 2 bridgehead atoms. The third kappa shape index (κ3) is 2.68. The summed E-state index contributed by atoms with van der Waals surface area (Å²) in [4.78, 5) is 0. The molecule has 5 heteroatoms. The molecule has 26 heavy (non-hydrogen) atoms. The summed E-state index contributed by atoms with van der Waals surface area (Å²) >= 11 is 0. The van der Waals surface area contributed by atoms with Gasteiger partial charge in [0.1, 0.15) is 0 Å². The molecule has 0 amide bonds. The summed E-state index contributed by atoms with van der Waals surface area (Å²) in [5.74, 6) is 0.431. The van der Waals surface area contributed by atoms with E-state index in [-0.39, 0.29) is 17.7 Å². The number of hydrogen-bond acceptors (Lipinski definition) is 3. The van der Waals surface area contributed by atoms with Crippen LogP contribution in [0.1, 0.15) is 38.7 Å². The summed E-state index contributed by atoms with van der Waals surface area (Å²) in [5.41, 5.74) is 0.308. The molecule has 2 aromatic carbocycles. The Morgan fingerprint density at radius 2 is 1.88 bits per heavy atom. The van der Waals surface area contributed by atoms with Crippen molar-refractivity contribution >= 4 is 20.8 Å². The normalized spacial score (nSPS) is 30.1. The highest BCUT2D eigenvalue weighted by Gasteiger charge is 2.64. The fourth-order valence-electron chi connectivity index (χ4n) is 5.40. The van der Waals surface area contributed by atoms with Crippen molar-refractivity contribution in [2.75, 3.05) is 5.75 Å². The van der Waals surface area contributed by atoms with Gasteiger partial charge in [0.2, 0.25) is 10.0 Å². The predicted molar refractivity (Wildman–Crippen MR) is 104 cm³/mol. The second-order valence-corrected chi connectivity index (χ2v) is 10.4. The first-order valence-corrected chi connectivity index (χ1v) is 11.0. The average molecular weight is 374 g/mol. The highest BCUT2D eigenvalue weighted by atomic mass is 32.2. The molecular formula is C21H27NO3S. The summed E-state index contributed by atoms with van der Waals surface area (Å²) in [7, 11) is -3.49. The lowest BCUT2D eigenvalue weighted by Crippen LogP contribution is -2.47. The third-order valence-corrected chi connectivity index (χ3v) is 8.68. The molecule has 0 aliphatic heterocycles. The van der Waals surface area contributed by atoms with E-state index in [9.17, 15) is 13.5 Å². The van der Waals surface area contributed by atoms with Gasteiger partial charge in [-0.3, -0.25) is 0 Å². The van der Waals surface area contributed by atoms with E-state index < -0.39 is 21.5 Å². The zero-order chi connectivity index (χ0) is 18.6. The molecule has 0 unspecified atom stereocenters. The number of benzene rings is 2. The minimum atomic E-state index is -3.49. The van der Waals surface area contributed by atoms with E-state index in [2.05, 4.69) is 18.6 Å². The zero-order valence-corrected chi connectivity index (χ0v) is 16.2. The SMILES string of the molecule is CC1(C)[C@H]2CC[C@]1(CS(=O)(=O)NCc1cccc3ccccc13)[C@@H](O)C2. The molecule has 140 valence electrons. The van der Waals surface area contributed by atoms with Crippen LogP contribution in [0.4, 0.5) is 0 Å². The quantitative estimate of drug-likeness (QED) is 0.844. The molecule has 2 aliphatic carbocycles. The molecule has 2 N–H and O–H groups in total. The highest BCUT2D eigenvalue weighted by Crippen LogP contribution is 2.66. The molecule has 4 nitrogen and oxygen atoms in total. The van der Waals surface area contributed by atoms with Gasteiger partial charge in [0, 0.05) is 12.0 Å². The minimum Gasteiger partial charge on any atom is -0.392 e. The number of fused-ring (bicyclic) bond motifs is 3. The van der Waals surface area contributed by atoms with E-state index in [4.69, 9.17) is 0 Å². The van der Waals surface area contributed by atoms with Crippen molar-refractivity contribution in [3.8, 4) is 0 Å². The number of aliphatic hydroxyl groups is 1. The van der Waals surface area contributed by atoms with Gasteiger partial charge in [-0.1, -0.05) is 56.3 Å². The topological polar surface area (TPSA) is 66.4 Å². The Balaban J connectivity index is 1.55. The summed E-state index contributed by atoms with van der Waals surface area (Å²) < 4.78 is 28.6. The van der Waals surface area contributed by atoms with Crippen LogP contribution in [0.25, 0.3) is 10.8 Å². The van der Waals surface area contributed by atoms with Gasteiger partial charge in [-0.2, -0.15) is 0 Å². The first-order valence-electron chi connectivity index (χ1n) is 9.37. The van der Waals surface area contributed by atoms with Gasteiger partial charge in [0.05, 0.1) is 11.9 Å². The molecule has 3 atom stereocenters. The van der Waals surface area contributed by atoms with Crippen LogP contribution >= 0.6 is 0 Å². The molecule has 0 heterocycles. The Labute approximate surface area is 155 Å². The van der Waals surface area contributed by atoms with Crippen molar-refractivity contribution in [2.45, 2.75) is 45.8 Å². The minimum absolute atomic E-state index is 0.00936. The summed E-state index contributed by atoms with van der Waals surface area (Å²) in [6.07, 6.45) is 2.01. The Hall–Kier alpha value is -1.43. The highest BCUT2D eigenvalue weighted by molar-refractivity contribution is 7.89. The molecule has 0 spiro atoms. The lowest BCUT2D eigenvalue weighted by molar-refractivity contribution is 0.0152. The number of rotatable bonds is 5. The van der Waals surface area contributed by atoms with Crippen LogP contribution in [0.15, 0.2) is 42.5 Å². The molecule has 4 rings (SSSR count). The Kier molecular flexibility index (Phi) is 4.17. The Morgan fingerprint density at radius 3 is 2.58 bits per heavy atom. The lowest BCUT2D eigenvalue weighted by Gasteiger charge is -2.40. The summed E-state index contributed by atoms with van der Waals surface area (Å²) in [6, 6.07) is 13.9. The van der Waals surface area contributed by atoms with Crippen molar-refractivity contribution in [1.82, 2.24) is 4.72 Å². The van der Waals surface area contributed by atoms with Gasteiger partial charge < -0.3 is 5.11 Å². The molecule has 2 fully saturated rings. The van der Waals surface area contributed by atoms with Gasteiger partial charge >= 0.3 is 0 Å². The van der Waals surface area contributed by atoms with Crippen LogP contribution in [-0.4, -0.2) is 25.4 Å². The van der Waals surface area contributed by atoms with E-state index in [1.54, 1.807) is 0 Å². The first kappa shape index (κ1) is 18.0. The van der Waals surface area contributed by atoms with Crippen LogP contribution in [-0.2, 0) is 16.6 Å². The third-order valence-electron chi connectivity index (χ3n) is 7.20. The van der Waals surface area contributed by atoms with Crippen molar-refractivity contribution in [1.29, 1.82) is 0 Å². The second kappa shape index (κ2) is 6.04. The molecule has 0 radical (unpaired) electrons. The number of sulfonamides is 1. The maximum Gasteiger partial charge on any atom is 0.212 e. The second-order valence-electron chi connectivity index (χ2n) is 8.58. The average Bonchev–Trinajstić information content (AvgIpc) is 2.94. The molecular weight excluding hydrogens is 346 g/mol. The molecule has 0 aromatic heterocycles. The largest absolute Gasteiger partial charge is 0.392 e. The standard InChI is InChI=1S/C21H27NO3S/c1-20(2)17-10-11-21(20,19(23)12-17)14-26(24,25)22-13-16-8-5-7-15-6-3-4-9-18(15)16/h3-9,17,19,22-23H,10-14H2,1-2H3/t17-,19-,21-/m0/s1. The molecule has 2 saturated carbocycles. The van der Waals surface area contributed by atoms with Crippen molar-refractivity contribution in [3.63, 3.8) is 0 Å². The van der Waals surface area contributed by atoms with E-state index in [0.717, 1.165) is 35.6 Å². The monoisotopic (exact) mass is 373 g/mol. The number of aliphatic hydroxyl groups excluding tert-OH is 1. The maximum absolute atomic E-state index is 12.9. The maximum atomic E-state index is 12.9. The van der Waals surface area contributed by atoms with Crippen molar-refractivity contribution in [2.24, 2.45) is 16.7 Å². The molecule has 2 aromatic rings. The van der Waals surface area contributed by atoms with Crippen LogP contribution in [0.2, 0.25) is 0 Å². The first-order chi connectivity index (χ1) is 12.3. The van der Waals surface area contributed by atoms with Gasteiger partial charge in [-0.15, -0.1) is 0 Å². The van der Waals surface area contributed by atoms with E-state index >= 15 is 0 Å². The fourth-order valence-corrected chi connectivity index (χ4v) is 7.27. The zero-order valence-electron chi connectivity index (χ0n) is 15.4. The van der Waals surface area contributed by atoms with Crippen LogP contribution in [0, 0.1) is 16.7 Å². The van der Waals surface area contributed by atoms with E-state index in [0.29, 0.717) is 5.92 Å². The number of nitrogens with one attached hydrogen (secondary N) is 1. The van der Waals surface area contributed by atoms with Gasteiger partial charge in [-0.05, 0) is 46.9 Å². The van der Waals surface area contributed by atoms with Crippen LogP contribution in [0.3, 0.4) is 0 Å². The van der Waals surface area contributed by atoms with Crippen LogP contribution < -0.4 is 4.72 Å². The van der Waals surface area contributed by atoms with Gasteiger partial charge in [-0.25, -0.2) is 13.1 Å². The predicted octanol–water partition coefficient (Wildman–Crippen LogP) is 3.45. The van der Waals surface area contributed by atoms with Gasteiger partial charge in [0.25, 0.3) is 0 Å². The van der Waals surface area contributed by atoms with Crippen molar-refractivity contribution < 1.29 is 13.5 Å². The number of hydrogen-bond donors (Lipinski definition) is 2. The summed E-state index contributed by atoms with van der Waals surface area (Å²) in [5, 5.41) is 12.8. The van der Waals surface area contributed by atoms with Gasteiger partial charge in [0.15, 0.2) is 0 Å². The van der Waals surface area contributed by atoms with E-state index in [1.807, 2.05) is 42.5 Å². The Morgan fingerprint density at radius 1 is 1.15 bits per heavy atom. The van der Waals surface area contributed by atoms with E-state index in [1.165, 1.54) is 0 Å². The summed E-state index contributed by atoms with van der Waals surface area (Å²) in [6.45, 7) is 4.53. The molecule has 0 saturated heterocycles.